The van der Waals surface area contributed by atoms with Crippen LogP contribution in [0.25, 0.3) is 10.9 Å². The lowest BCUT2D eigenvalue weighted by molar-refractivity contribution is 0.0623. The third-order valence-corrected chi connectivity index (χ3v) is 5.24. The Kier molecular flexibility index (Phi) is 4.96. The zero-order chi connectivity index (χ0) is 19.7. The van der Waals surface area contributed by atoms with Gasteiger partial charge in [-0.15, -0.1) is 0 Å². The molecule has 1 N–H and O–H groups in total. The van der Waals surface area contributed by atoms with E-state index in [-0.39, 0.29) is 17.0 Å². The number of fused-ring (bicyclic) bond motifs is 1. The molecular weight excluding hydrogens is 357 g/mol. The van der Waals surface area contributed by atoms with Gasteiger partial charge < -0.3 is 9.88 Å². The maximum Gasteiger partial charge on any atom is 0.256 e. The molecule has 1 amide bonds. The van der Waals surface area contributed by atoms with Crippen LogP contribution in [0.15, 0.2) is 53.3 Å². The van der Waals surface area contributed by atoms with Crippen LogP contribution in [0, 0.1) is 12.7 Å². The number of aromatic amines is 1. The fourth-order valence-corrected chi connectivity index (χ4v) is 3.63. The van der Waals surface area contributed by atoms with Crippen LogP contribution >= 0.6 is 0 Å². The van der Waals surface area contributed by atoms with E-state index >= 15 is 0 Å². The van der Waals surface area contributed by atoms with Gasteiger partial charge in [0.2, 0.25) is 0 Å². The number of hydrogen-bond donors (Lipinski definition) is 1. The fourth-order valence-electron chi connectivity index (χ4n) is 3.63. The van der Waals surface area contributed by atoms with Crippen molar-refractivity contribution in [3.63, 3.8) is 0 Å². The summed E-state index contributed by atoms with van der Waals surface area (Å²) in [6.07, 6.45) is 0. The summed E-state index contributed by atoms with van der Waals surface area (Å²) in [6.45, 7) is 4.83. The molecule has 0 atom stereocenters. The number of pyridine rings is 1. The number of piperazine rings is 1. The van der Waals surface area contributed by atoms with E-state index in [9.17, 15) is 14.0 Å². The number of amides is 1. The zero-order valence-electron chi connectivity index (χ0n) is 15.7. The van der Waals surface area contributed by atoms with Gasteiger partial charge in [0.25, 0.3) is 11.5 Å². The van der Waals surface area contributed by atoms with Gasteiger partial charge >= 0.3 is 0 Å². The van der Waals surface area contributed by atoms with Gasteiger partial charge in [0.1, 0.15) is 5.82 Å². The number of nitrogens with zero attached hydrogens (tertiary/aromatic N) is 2. The molecule has 1 aromatic heterocycles. The Hall–Kier alpha value is -2.99. The van der Waals surface area contributed by atoms with Crippen LogP contribution in [-0.2, 0) is 6.54 Å². The van der Waals surface area contributed by atoms with Gasteiger partial charge in [0, 0.05) is 43.8 Å². The summed E-state index contributed by atoms with van der Waals surface area (Å²) in [5, 5.41) is 1.01. The zero-order valence-corrected chi connectivity index (χ0v) is 15.7. The number of carbonyl (C=O) groups is 1. The Morgan fingerprint density at radius 1 is 1.07 bits per heavy atom. The molecule has 0 bridgehead atoms. The summed E-state index contributed by atoms with van der Waals surface area (Å²) >= 11 is 0. The van der Waals surface area contributed by atoms with Crippen LogP contribution in [0.3, 0.4) is 0 Å². The second-order valence-electron chi connectivity index (χ2n) is 7.26. The van der Waals surface area contributed by atoms with E-state index in [2.05, 4.69) is 9.88 Å². The van der Waals surface area contributed by atoms with Gasteiger partial charge in [0.15, 0.2) is 0 Å². The predicted molar refractivity (Wildman–Crippen MR) is 107 cm³/mol. The standard InChI is InChI=1S/C22H22FN3O2/c1-15-6-7-16-13-17(21(27)24-20(16)12-15)14-25-8-10-26(11-9-25)22(28)18-4-2-3-5-19(18)23/h2-7,12-13H,8-11,14H2,1H3,(H,24,27). The molecule has 1 aliphatic rings. The quantitative estimate of drug-likeness (QED) is 0.761. The van der Waals surface area contributed by atoms with E-state index in [0.717, 1.165) is 16.5 Å². The van der Waals surface area contributed by atoms with Crippen LogP contribution < -0.4 is 5.56 Å². The van der Waals surface area contributed by atoms with Crippen molar-refractivity contribution in [2.24, 2.45) is 0 Å². The molecule has 4 rings (SSSR count). The minimum Gasteiger partial charge on any atom is -0.336 e. The first-order valence-corrected chi connectivity index (χ1v) is 9.40. The summed E-state index contributed by atoms with van der Waals surface area (Å²) in [6, 6.07) is 14.0. The third-order valence-electron chi connectivity index (χ3n) is 5.24. The largest absolute Gasteiger partial charge is 0.336 e. The molecule has 0 saturated carbocycles. The fraction of sp³-hybridized carbons (Fsp3) is 0.273. The molecule has 28 heavy (non-hydrogen) atoms. The summed E-state index contributed by atoms with van der Waals surface area (Å²) in [7, 11) is 0. The first kappa shape index (κ1) is 18.4. The van der Waals surface area contributed by atoms with Crippen molar-refractivity contribution < 1.29 is 9.18 Å². The van der Waals surface area contributed by atoms with Gasteiger partial charge in [-0.2, -0.15) is 0 Å². The molecule has 6 heteroatoms. The van der Waals surface area contributed by atoms with Crippen LogP contribution in [0.2, 0.25) is 0 Å². The highest BCUT2D eigenvalue weighted by molar-refractivity contribution is 5.94. The Bertz CT molecular complexity index is 1080. The third kappa shape index (κ3) is 3.68. The average molecular weight is 379 g/mol. The van der Waals surface area contributed by atoms with Gasteiger partial charge in [0.05, 0.1) is 5.56 Å². The van der Waals surface area contributed by atoms with Crippen LogP contribution in [0.1, 0.15) is 21.5 Å². The van der Waals surface area contributed by atoms with Crippen molar-refractivity contribution in [3.8, 4) is 0 Å². The van der Waals surface area contributed by atoms with E-state index in [4.69, 9.17) is 0 Å². The lowest BCUT2D eigenvalue weighted by atomic mass is 10.1. The van der Waals surface area contributed by atoms with E-state index in [1.165, 1.54) is 12.1 Å². The summed E-state index contributed by atoms with van der Waals surface area (Å²) in [4.78, 5) is 31.7. The normalized spacial score (nSPS) is 15.1. The number of H-pyrrole nitrogens is 1. The predicted octanol–water partition coefficient (Wildman–Crippen LogP) is 2.93. The summed E-state index contributed by atoms with van der Waals surface area (Å²) in [5.74, 6) is -0.774. The van der Waals surface area contributed by atoms with E-state index in [1.807, 2.05) is 31.2 Å². The number of carbonyl (C=O) groups excluding carboxylic acids is 1. The van der Waals surface area contributed by atoms with Crippen molar-refractivity contribution in [2.75, 3.05) is 26.2 Å². The Balaban J connectivity index is 1.43. The van der Waals surface area contributed by atoms with Crippen molar-refractivity contribution in [2.45, 2.75) is 13.5 Å². The van der Waals surface area contributed by atoms with Crippen LogP contribution in [0.4, 0.5) is 4.39 Å². The molecule has 5 nitrogen and oxygen atoms in total. The SMILES string of the molecule is Cc1ccc2cc(CN3CCN(C(=O)c4ccccc4F)CC3)c(=O)[nH]c2c1. The van der Waals surface area contributed by atoms with E-state index < -0.39 is 5.82 Å². The molecular formula is C22H22FN3O2. The Morgan fingerprint density at radius 2 is 1.82 bits per heavy atom. The molecule has 1 aliphatic heterocycles. The molecule has 1 fully saturated rings. The van der Waals surface area contributed by atoms with Crippen molar-refractivity contribution in [3.05, 3.63) is 81.4 Å². The molecule has 144 valence electrons. The maximum absolute atomic E-state index is 13.9. The molecule has 0 spiro atoms. The Morgan fingerprint density at radius 3 is 2.57 bits per heavy atom. The first-order valence-electron chi connectivity index (χ1n) is 9.40. The van der Waals surface area contributed by atoms with Gasteiger partial charge in [-0.25, -0.2) is 4.39 Å². The number of hydrogen-bond acceptors (Lipinski definition) is 3. The van der Waals surface area contributed by atoms with Gasteiger partial charge in [-0.05, 0) is 42.1 Å². The number of aryl methyl sites for hydroxylation is 1. The monoisotopic (exact) mass is 379 g/mol. The molecule has 1 saturated heterocycles. The number of halogens is 1. The molecule has 0 radical (unpaired) electrons. The average Bonchev–Trinajstić information content (AvgIpc) is 2.69. The Labute approximate surface area is 162 Å². The summed E-state index contributed by atoms with van der Waals surface area (Å²) in [5.41, 5.74) is 2.69. The second-order valence-corrected chi connectivity index (χ2v) is 7.26. The molecule has 0 aliphatic carbocycles. The molecule has 2 heterocycles. The van der Waals surface area contributed by atoms with Crippen LogP contribution in [-0.4, -0.2) is 46.9 Å². The van der Waals surface area contributed by atoms with E-state index in [1.54, 1.807) is 17.0 Å². The number of benzene rings is 2. The van der Waals surface area contributed by atoms with Gasteiger partial charge in [-0.1, -0.05) is 24.3 Å². The molecule has 0 unspecified atom stereocenters. The topological polar surface area (TPSA) is 56.4 Å². The summed E-state index contributed by atoms with van der Waals surface area (Å²) < 4.78 is 13.9. The smallest absolute Gasteiger partial charge is 0.256 e. The molecule has 3 aromatic rings. The number of rotatable bonds is 3. The minimum atomic E-state index is -0.493. The second kappa shape index (κ2) is 7.56. The van der Waals surface area contributed by atoms with Gasteiger partial charge in [-0.3, -0.25) is 14.5 Å². The van der Waals surface area contributed by atoms with Crippen molar-refractivity contribution in [1.82, 2.24) is 14.8 Å². The molecule has 2 aromatic carbocycles. The lowest BCUT2D eigenvalue weighted by Gasteiger charge is -2.34. The number of nitrogens with one attached hydrogen (secondary N) is 1. The first-order chi connectivity index (χ1) is 13.5. The highest BCUT2D eigenvalue weighted by Gasteiger charge is 2.24. The lowest BCUT2D eigenvalue weighted by Crippen LogP contribution is -2.48. The minimum absolute atomic E-state index is 0.0806. The highest BCUT2D eigenvalue weighted by Crippen LogP contribution is 2.16. The van der Waals surface area contributed by atoms with Crippen molar-refractivity contribution in [1.29, 1.82) is 0 Å². The highest BCUT2D eigenvalue weighted by atomic mass is 19.1. The van der Waals surface area contributed by atoms with Crippen LogP contribution in [0.5, 0.6) is 0 Å². The number of aromatic nitrogens is 1. The maximum atomic E-state index is 13.9. The van der Waals surface area contributed by atoms with Crippen molar-refractivity contribution >= 4 is 16.8 Å². The van der Waals surface area contributed by atoms with E-state index in [0.29, 0.717) is 38.3 Å².